The normalized spacial score (nSPS) is 10.7. The zero-order valence-corrected chi connectivity index (χ0v) is 15.9. The standard InChI is InChI=1S/C16H15F3N4O2.HI/c1-25-10-4-2-3-9(7-10)22-16(20)21-8-13(24)23-12-6-5-11(17)14(18)15(12)19;/h2-7H,8H2,1H3,(H,23,24)(H3,20,21,22);1H. The molecular weight excluding hydrogens is 464 g/mol. The third kappa shape index (κ3) is 5.79. The van der Waals surface area contributed by atoms with E-state index in [-0.39, 0.29) is 29.9 Å². The summed E-state index contributed by atoms with van der Waals surface area (Å²) in [5, 5.41) is 4.83. The summed E-state index contributed by atoms with van der Waals surface area (Å²) < 4.78 is 44.4. The first kappa shape index (κ1) is 21.5. The molecule has 4 N–H and O–H groups in total. The molecule has 0 spiro atoms. The van der Waals surface area contributed by atoms with Gasteiger partial charge in [0.2, 0.25) is 5.91 Å². The second-order valence-corrected chi connectivity index (χ2v) is 4.83. The third-order valence-corrected chi connectivity index (χ3v) is 3.04. The van der Waals surface area contributed by atoms with Crippen LogP contribution in [0.3, 0.4) is 0 Å². The van der Waals surface area contributed by atoms with E-state index in [9.17, 15) is 18.0 Å². The van der Waals surface area contributed by atoms with Crippen LogP contribution < -0.4 is 21.1 Å². The van der Waals surface area contributed by atoms with Crippen molar-refractivity contribution in [3.05, 3.63) is 53.8 Å². The van der Waals surface area contributed by atoms with Crippen molar-refractivity contribution in [2.75, 3.05) is 24.3 Å². The van der Waals surface area contributed by atoms with Crippen molar-refractivity contribution in [1.82, 2.24) is 0 Å². The van der Waals surface area contributed by atoms with E-state index in [4.69, 9.17) is 10.5 Å². The second-order valence-electron chi connectivity index (χ2n) is 4.83. The Morgan fingerprint density at radius 1 is 1.15 bits per heavy atom. The molecule has 2 rings (SSSR count). The van der Waals surface area contributed by atoms with Crippen LogP contribution in [0.1, 0.15) is 0 Å². The minimum atomic E-state index is -1.67. The van der Waals surface area contributed by atoms with Gasteiger partial charge in [-0.1, -0.05) is 6.07 Å². The first-order chi connectivity index (χ1) is 11.9. The van der Waals surface area contributed by atoms with E-state index in [1.54, 1.807) is 24.3 Å². The summed E-state index contributed by atoms with van der Waals surface area (Å²) in [6, 6.07) is 8.46. The number of amides is 1. The third-order valence-electron chi connectivity index (χ3n) is 3.04. The van der Waals surface area contributed by atoms with Crippen LogP contribution in [0.5, 0.6) is 5.75 Å². The van der Waals surface area contributed by atoms with E-state index in [0.29, 0.717) is 17.5 Å². The highest BCUT2D eigenvalue weighted by Gasteiger charge is 2.15. The minimum Gasteiger partial charge on any atom is -0.497 e. The van der Waals surface area contributed by atoms with Gasteiger partial charge in [-0.3, -0.25) is 4.79 Å². The number of anilines is 2. The molecule has 0 atom stereocenters. The molecule has 0 aliphatic heterocycles. The summed E-state index contributed by atoms with van der Waals surface area (Å²) in [7, 11) is 1.51. The lowest BCUT2D eigenvalue weighted by Gasteiger charge is -2.08. The number of aliphatic imine (C=N–C) groups is 1. The Labute approximate surface area is 164 Å². The highest BCUT2D eigenvalue weighted by atomic mass is 127. The number of methoxy groups -OCH3 is 1. The topological polar surface area (TPSA) is 88.7 Å². The number of carbonyl (C=O) groups excluding carboxylic acids is 1. The predicted octanol–water partition coefficient (Wildman–Crippen LogP) is 3.10. The number of hydrogen-bond acceptors (Lipinski definition) is 3. The molecule has 0 aromatic heterocycles. The summed E-state index contributed by atoms with van der Waals surface area (Å²) in [5.74, 6) is -4.71. The van der Waals surface area contributed by atoms with Gasteiger partial charge in [-0.25, -0.2) is 18.2 Å². The van der Waals surface area contributed by atoms with Gasteiger partial charge in [-0.2, -0.15) is 0 Å². The Morgan fingerprint density at radius 3 is 2.58 bits per heavy atom. The first-order valence-corrected chi connectivity index (χ1v) is 7.05. The summed E-state index contributed by atoms with van der Waals surface area (Å²) in [4.78, 5) is 15.5. The number of guanidine groups is 1. The van der Waals surface area contributed by atoms with Crippen molar-refractivity contribution in [2.24, 2.45) is 10.7 Å². The monoisotopic (exact) mass is 480 g/mol. The Kier molecular flexibility index (Phi) is 8.16. The number of benzene rings is 2. The summed E-state index contributed by atoms with van der Waals surface area (Å²) in [6.45, 7) is -0.443. The molecule has 26 heavy (non-hydrogen) atoms. The fourth-order valence-electron chi connectivity index (χ4n) is 1.86. The molecule has 0 saturated heterocycles. The Bertz CT molecular complexity index is 818. The maximum absolute atomic E-state index is 13.5. The van der Waals surface area contributed by atoms with Crippen LogP contribution in [0.25, 0.3) is 0 Å². The number of halogens is 4. The predicted molar refractivity (Wildman–Crippen MR) is 103 cm³/mol. The lowest BCUT2D eigenvalue weighted by molar-refractivity contribution is -0.114. The molecule has 6 nitrogen and oxygen atoms in total. The van der Waals surface area contributed by atoms with Crippen molar-refractivity contribution in [3.8, 4) is 5.75 Å². The molecule has 0 fully saturated rings. The van der Waals surface area contributed by atoms with Gasteiger partial charge in [0.05, 0.1) is 12.8 Å². The largest absolute Gasteiger partial charge is 0.497 e. The molecule has 2 aromatic carbocycles. The highest BCUT2D eigenvalue weighted by molar-refractivity contribution is 14.0. The molecule has 0 radical (unpaired) electrons. The van der Waals surface area contributed by atoms with Gasteiger partial charge in [0.15, 0.2) is 23.4 Å². The Morgan fingerprint density at radius 2 is 1.88 bits per heavy atom. The highest BCUT2D eigenvalue weighted by Crippen LogP contribution is 2.19. The smallest absolute Gasteiger partial charge is 0.246 e. The van der Waals surface area contributed by atoms with E-state index in [0.717, 1.165) is 6.07 Å². The maximum Gasteiger partial charge on any atom is 0.246 e. The molecule has 0 bridgehead atoms. The SMILES string of the molecule is COc1cccc(NC(N)=NCC(=O)Nc2ccc(F)c(F)c2F)c1.I. The van der Waals surface area contributed by atoms with Crippen LogP contribution in [0, 0.1) is 17.5 Å². The fraction of sp³-hybridized carbons (Fsp3) is 0.125. The lowest BCUT2D eigenvalue weighted by atomic mass is 10.3. The summed E-state index contributed by atoms with van der Waals surface area (Å²) in [6.07, 6.45) is 0. The molecule has 0 saturated carbocycles. The molecule has 10 heteroatoms. The zero-order valence-electron chi connectivity index (χ0n) is 13.6. The van der Waals surface area contributed by atoms with Crippen molar-refractivity contribution in [3.63, 3.8) is 0 Å². The van der Waals surface area contributed by atoms with Crippen LogP contribution in [0.4, 0.5) is 24.5 Å². The molecule has 0 aliphatic carbocycles. The lowest BCUT2D eigenvalue weighted by Crippen LogP contribution is -2.25. The average molecular weight is 480 g/mol. The summed E-state index contributed by atoms with van der Waals surface area (Å²) in [5.41, 5.74) is 5.75. The first-order valence-electron chi connectivity index (χ1n) is 7.05. The van der Waals surface area contributed by atoms with Gasteiger partial charge in [0.25, 0.3) is 0 Å². The van der Waals surface area contributed by atoms with Crippen LogP contribution >= 0.6 is 24.0 Å². The number of nitrogens with two attached hydrogens (primary N) is 1. The van der Waals surface area contributed by atoms with Gasteiger partial charge in [-0.05, 0) is 24.3 Å². The number of nitrogens with one attached hydrogen (secondary N) is 2. The molecule has 0 unspecified atom stereocenters. The molecule has 0 aliphatic rings. The molecule has 2 aromatic rings. The maximum atomic E-state index is 13.5. The van der Waals surface area contributed by atoms with Crippen LogP contribution in [0.15, 0.2) is 41.4 Å². The van der Waals surface area contributed by atoms with Crippen LogP contribution in [-0.4, -0.2) is 25.5 Å². The second kappa shape index (κ2) is 9.85. The van der Waals surface area contributed by atoms with Gasteiger partial charge in [0, 0.05) is 11.8 Å². The number of rotatable bonds is 5. The van der Waals surface area contributed by atoms with Crippen molar-refractivity contribution < 1.29 is 22.7 Å². The van der Waals surface area contributed by atoms with E-state index in [2.05, 4.69) is 15.6 Å². The van der Waals surface area contributed by atoms with E-state index in [1.165, 1.54) is 7.11 Å². The minimum absolute atomic E-state index is 0. The van der Waals surface area contributed by atoms with E-state index in [1.807, 2.05) is 0 Å². The van der Waals surface area contributed by atoms with Gasteiger partial charge < -0.3 is 21.1 Å². The fourth-order valence-corrected chi connectivity index (χ4v) is 1.86. The molecule has 0 heterocycles. The van der Waals surface area contributed by atoms with E-state index >= 15 is 0 Å². The molecule has 140 valence electrons. The molecule has 1 amide bonds. The number of hydrogen-bond donors (Lipinski definition) is 3. The van der Waals surface area contributed by atoms with Gasteiger partial charge in [0.1, 0.15) is 12.3 Å². The van der Waals surface area contributed by atoms with Crippen molar-refractivity contribution >= 4 is 47.2 Å². The Balaban J connectivity index is 0.00000338. The Hall–Kier alpha value is -2.50. The van der Waals surface area contributed by atoms with Gasteiger partial charge in [-0.15, -0.1) is 24.0 Å². The van der Waals surface area contributed by atoms with Crippen molar-refractivity contribution in [1.29, 1.82) is 0 Å². The number of carbonyl (C=O) groups is 1. The molecular formula is C16H16F3IN4O2. The number of nitrogens with zero attached hydrogens (tertiary/aromatic N) is 1. The number of ether oxygens (including phenoxy) is 1. The van der Waals surface area contributed by atoms with Gasteiger partial charge >= 0.3 is 0 Å². The zero-order chi connectivity index (χ0) is 18.4. The van der Waals surface area contributed by atoms with Crippen molar-refractivity contribution in [2.45, 2.75) is 0 Å². The summed E-state index contributed by atoms with van der Waals surface area (Å²) >= 11 is 0. The average Bonchev–Trinajstić information content (AvgIpc) is 2.60. The quantitative estimate of drug-likeness (QED) is 0.266. The van der Waals surface area contributed by atoms with E-state index < -0.39 is 35.6 Å². The van der Waals surface area contributed by atoms with Crippen LogP contribution in [0.2, 0.25) is 0 Å². The van der Waals surface area contributed by atoms with Crippen LogP contribution in [-0.2, 0) is 4.79 Å².